The summed E-state index contributed by atoms with van der Waals surface area (Å²) in [5, 5.41) is 0.925. The van der Waals surface area contributed by atoms with E-state index in [9.17, 15) is 4.79 Å². The van der Waals surface area contributed by atoms with Crippen LogP contribution < -0.4 is 4.90 Å². The van der Waals surface area contributed by atoms with E-state index < -0.39 is 0 Å². The molecule has 1 unspecified atom stereocenters. The highest BCUT2D eigenvalue weighted by Crippen LogP contribution is 2.28. The zero-order valence-corrected chi connectivity index (χ0v) is 12.1. The molecule has 0 saturated carbocycles. The van der Waals surface area contributed by atoms with Crippen molar-refractivity contribution in [3.8, 4) is 0 Å². The molecule has 0 bridgehead atoms. The third kappa shape index (κ3) is 2.49. The fraction of sp³-hybridized carbons (Fsp3) is 0.667. The second kappa shape index (κ2) is 5.24. The molecule has 0 radical (unpaired) electrons. The highest BCUT2D eigenvalue weighted by atomic mass is 32.1. The van der Waals surface area contributed by atoms with Crippen LogP contribution in [0.25, 0.3) is 0 Å². The summed E-state index contributed by atoms with van der Waals surface area (Å²) in [6.07, 6.45) is 0. The van der Waals surface area contributed by atoms with Crippen molar-refractivity contribution in [3.63, 3.8) is 0 Å². The van der Waals surface area contributed by atoms with Gasteiger partial charge in [-0.25, -0.2) is 9.78 Å². The third-order valence-corrected chi connectivity index (χ3v) is 4.25. The summed E-state index contributed by atoms with van der Waals surface area (Å²) in [5.74, 6) is -0.350. The number of aromatic nitrogens is 1. The summed E-state index contributed by atoms with van der Waals surface area (Å²) in [6.45, 7) is 7.09. The van der Waals surface area contributed by atoms with E-state index in [1.165, 1.54) is 7.11 Å². The van der Waals surface area contributed by atoms with Gasteiger partial charge >= 0.3 is 5.97 Å². The van der Waals surface area contributed by atoms with E-state index in [1.54, 1.807) is 11.3 Å². The zero-order valence-electron chi connectivity index (χ0n) is 11.3. The van der Waals surface area contributed by atoms with Gasteiger partial charge in [-0.05, 0) is 20.9 Å². The van der Waals surface area contributed by atoms with Crippen molar-refractivity contribution in [2.45, 2.75) is 19.9 Å². The van der Waals surface area contributed by atoms with E-state index in [0.717, 1.165) is 29.6 Å². The molecule has 1 fully saturated rings. The van der Waals surface area contributed by atoms with Crippen molar-refractivity contribution in [2.75, 3.05) is 38.7 Å². The van der Waals surface area contributed by atoms with Gasteiger partial charge in [0.1, 0.15) is 0 Å². The fourth-order valence-corrected chi connectivity index (χ4v) is 3.24. The summed E-state index contributed by atoms with van der Waals surface area (Å²) in [5.41, 5.74) is 0.448. The van der Waals surface area contributed by atoms with E-state index in [0.29, 0.717) is 11.7 Å². The summed E-state index contributed by atoms with van der Waals surface area (Å²) < 4.78 is 4.74. The number of rotatable bonds is 2. The molecular formula is C12H19N3O2S. The van der Waals surface area contributed by atoms with Crippen LogP contribution in [0.2, 0.25) is 0 Å². The van der Waals surface area contributed by atoms with E-state index in [1.807, 2.05) is 6.92 Å². The maximum absolute atomic E-state index is 11.6. The first kappa shape index (κ1) is 13.3. The molecule has 0 aromatic carbocycles. The van der Waals surface area contributed by atoms with Crippen LogP contribution in [0.4, 0.5) is 5.13 Å². The van der Waals surface area contributed by atoms with Gasteiger partial charge in [-0.3, -0.25) is 0 Å². The van der Waals surface area contributed by atoms with Crippen molar-refractivity contribution in [3.05, 3.63) is 10.6 Å². The number of methoxy groups -OCH3 is 1. The van der Waals surface area contributed by atoms with Crippen LogP contribution in [0, 0.1) is 6.92 Å². The molecule has 0 aliphatic carbocycles. The van der Waals surface area contributed by atoms with E-state index >= 15 is 0 Å². The molecule has 1 aliphatic heterocycles. The Hall–Kier alpha value is -1.14. The second-order valence-electron chi connectivity index (χ2n) is 4.70. The van der Waals surface area contributed by atoms with Gasteiger partial charge < -0.3 is 14.5 Å². The summed E-state index contributed by atoms with van der Waals surface area (Å²) in [4.78, 5) is 21.5. The van der Waals surface area contributed by atoms with E-state index in [2.05, 4.69) is 28.8 Å². The number of anilines is 1. The third-order valence-electron chi connectivity index (χ3n) is 3.24. The number of hydrogen-bond donors (Lipinski definition) is 0. The van der Waals surface area contributed by atoms with Crippen LogP contribution in [0.5, 0.6) is 0 Å². The van der Waals surface area contributed by atoms with Crippen molar-refractivity contribution < 1.29 is 9.53 Å². The lowest BCUT2D eigenvalue weighted by Gasteiger charge is -2.38. The van der Waals surface area contributed by atoms with Gasteiger partial charge in [-0.15, -0.1) is 11.3 Å². The lowest BCUT2D eigenvalue weighted by molar-refractivity contribution is 0.0594. The number of hydrogen-bond acceptors (Lipinski definition) is 6. The molecule has 18 heavy (non-hydrogen) atoms. The maximum atomic E-state index is 11.6. The molecule has 0 N–H and O–H groups in total. The molecule has 2 rings (SSSR count). The molecule has 0 spiro atoms. The Morgan fingerprint density at radius 3 is 2.83 bits per heavy atom. The first-order valence-corrected chi connectivity index (χ1v) is 6.85. The number of carbonyl (C=O) groups excluding carboxylic acids is 1. The Balaban J connectivity index is 2.21. The number of aryl methyl sites for hydroxylation is 1. The second-order valence-corrected chi connectivity index (χ2v) is 5.88. The number of thiazole rings is 1. The topological polar surface area (TPSA) is 45.7 Å². The molecule has 2 heterocycles. The SMILES string of the molecule is COC(=O)c1nc(N2CCN(C)CC2C)sc1C. The number of ether oxygens (including phenoxy) is 1. The lowest BCUT2D eigenvalue weighted by Crippen LogP contribution is -2.50. The number of esters is 1. The lowest BCUT2D eigenvalue weighted by atomic mass is 10.2. The zero-order chi connectivity index (χ0) is 13.3. The molecule has 100 valence electrons. The van der Waals surface area contributed by atoms with Gasteiger partial charge in [0.2, 0.25) is 0 Å². The molecule has 1 aromatic rings. The van der Waals surface area contributed by atoms with Crippen LogP contribution >= 0.6 is 11.3 Å². The minimum absolute atomic E-state index is 0.350. The monoisotopic (exact) mass is 269 g/mol. The first-order valence-electron chi connectivity index (χ1n) is 6.04. The van der Waals surface area contributed by atoms with Gasteiger partial charge in [0.15, 0.2) is 10.8 Å². The fourth-order valence-electron chi connectivity index (χ4n) is 2.22. The minimum atomic E-state index is -0.350. The normalized spacial score (nSPS) is 21.1. The number of carbonyl (C=O) groups is 1. The molecule has 5 nitrogen and oxygen atoms in total. The van der Waals surface area contributed by atoms with Crippen molar-refractivity contribution in [1.29, 1.82) is 0 Å². The summed E-state index contributed by atoms with van der Waals surface area (Å²) in [6, 6.07) is 0.416. The number of likely N-dealkylation sites (N-methyl/N-ethyl adjacent to an activating group) is 1. The van der Waals surface area contributed by atoms with Gasteiger partial charge in [0, 0.05) is 30.6 Å². The van der Waals surface area contributed by atoms with Crippen molar-refractivity contribution in [1.82, 2.24) is 9.88 Å². The predicted octanol–water partition coefficient (Wildman–Crippen LogP) is 1.38. The van der Waals surface area contributed by atoms with Crippen LogP contribution in [-0.2, 0) is 4.74 Å². The van der Waals surface area contributed by atoms with Gasteiger partial charge in [-0.2, -0.15) is 0 Å². The predicted molar refractivity (Wildman–Crippen MR) is 72.5 cm³/mol. The maximum Gasteiger partial charge on any atom is 0.357 e. The Kier molecular flexibility index (Phi) is 3.87. The highest BCUT2D eigenvalue weighted by molar-refractivity contribution is 7.15. The van der Waals surface area contributed by atoms with Crippen molar-refractivity contribution >= 4 is 22.4 Å². The van der Waals surface area contributed by atoms with Crippen LogP contribution in [0.1, 0.15) is 22.3 Å². The molecule has 1 atom stereocenters. The van der Waals surface area contributed by atoms with Gasteiger partial charge in [0.25, 0.3) is 0 Å². The largest absolute Gasteiger partial charge is 0.464 e. The summed E-state index contributed by atoms with van der Waals surface area (Å²) >= 11 is 1.57. The summed E-state index contributed by atoms with van der Waals surface area (Å²) in [7, 11) is 3.51. The molecule has 0 amide bonds. The average Bonchev–Trinajstić information content (AvgIpc) is 2.70. The Morgan fingerprint density at radius 2 is 2.22 bits per heavy atom. The molecule has 6 heteroatoms. The molecule has 1 aromatic heterocycles. The van der Waals surface area contributed by atoms with Gasteiger partial charge in [0.05, 0.1) is 7.11 Å². The molecule has 1 aliphatic rings. The standard InChI is InChI=1S/C12H19N3O2S/c1-8-7-14(3)5-6-15(8)12-13-10(9(2)18-12)11(16)17-4/h8H,5-7H2,1-4H3. The quantitative estimate of drug-likeness (QED) is 0.759. The van der Waals surface area contributed by atoms with Crippen molar-refractivity contribution in [2.24, 2.45) is 0 Å². The molecule has 1 saturated heterocycles. The number of piperazine rings is 1. The smallest absolute Gasteiger partial charge is 0.357 e. The van der Waals surface area contributed by atoms with Gasteiger partial charge in [-0.1, -0.05) is 0 Å². The average molecular weight is 269 g/mol. The van der Waals surface area contributed by atoms with E-state index in [-0.39, 0.29) is 5.97 Å². The Morgan fingerprint density at radius 1 is 1.50 bits per heavy atom. The van der Waals surface area contributed by atoms with E-state index in [4.69, 9.17) is 4.74 Å². The van der Waals surface area contributed by atoms with Crippen LogP contribution in [0.3, 0.4) is 0 Å². The highest BCUT2D eigenvalue weighted by Gasteiger charge is 2.26. The Bertz CT molecular complexity index is 447. The van der Waals surface area contributed by atoms with Crippen LogP contribution in [0.15, 0.2) is 0 Å². The molecular weight excluding hydrogens is 250 g/mol. The first-order chi connectivity index (χ1) is 8.52. The Labute approximate surface area is 111 Å². The number of nitrogens with zero attached hydrogens (tertiary/aromatic N) is 3. The van der Waals surface area contributed by atoms with Crippen LogP contribution in [-0.4, -0.2) is 55.7 Å². The minimum Gasteiger partial charge on any atom is -0.464 e.